The molecule has 1 aromatic heterocycles. The van der Waals surface area contributed by atoms with E-state index in [0.717, 1.165) is 0 Å². The Labute approximate surface area is 183 Å². The molecule has 32 heavy (non-hydrogen) atoms. The van der Waals surface area contributed by atoms with E-state index in [4.69, 9.17) is 23.4 Å². The number of hydrogen-bond acceptors (Lipinski definition) is 8. The van der Waals surface area contributed by atoms with Crippen LogP contribution in [0.15, 0.2) is 59.2 Å². The Morgan fingerprint density at radius 1 is 0.906 bits per heavy atom. The SMILES string of the molecule is COc1cccc(C(=O)COC(=O)c2cc(OC)c(OC)cc2NC(=O)c2ccco2)c1. The van der Waals surface area contributed by atoms with E-state index in [1.165, 1.54) is 45.8 Å². The van der Waals surface area contributed by atoms with E-state index in [2.05, 4.69) is 5.32 Å². The van der Waals surface area contributed by atoms with E-state index in [9.17, 15) is 14.4 Å². The van der Waals surface area contributed by atoms with Crippen molar-refractivity contribution in [2.24, 2.45) is 0 Å². The minimum Gasteiger partial charge on any atom is -0.497 e. The third-order valence-corrected chi connectivity index (χ3v) is 4.46. The summed E-state index contributed by atoms with van der Waals surface area (Å²) >= 11 is 0. The van der Waals surface area contributed by atoms with Crippen LogP contribution in [0.25, 0.3) is 0 Å². The molecule has 166 valence electrons. The topological polar surface area (TPSA) is 113 Å². The van der Waals surface area contributed by atoms with Gasteiger partial charge in [-0.15, -0.1) is 0 Å². The van der Waals surface area contributed by atoms with Crippen LogP contribution in [0.5, 0.6) is 17.2 Å². The van der Waals surface area contributed by atoms with Gasteiger partial charge in [0.25, 0.3) is 5.91 Å². The number of benzene rings is 2. The molecule has 0 spiro atoms. The summed E-state index contributed by atoms with van der Waals surface area (Å²) < 4.78 is 25.9. The maximum atomic E-state index is 12.8. The Kier molecular flexibility index (Phi) is 7.12. The van der Waals surface area contributed by atoms with Gasteiger partial charge in [0.05, 0.1) is 38.8 Å². The molecule has 0 aliphatic rings. The fourth-order valence-corrected chi connectivity index (χ4v) is 2.83. The van der Waals surface area contributed by atoms with Gasteiger partial charge >= 0.3 is 5.97 Å². The van der Waals surface area contributed by atoms with Crippen LogP contribution < -0.4 is 19.5 Å². The zero-order valence-corrected chi connectivity index (χ0v) is 17.7. The van der Waals surface area contributed by atoms with Gasteiger partial charge in [-0.3, -0.25) is 9.59 Å². The molecule has 9 heteroatoms. The largest absolute Gasteiger partial charge is 0.497 e. The average Bonchev–Trinajstić information content (AvgIpc) is 3.37. The molecule has 0 fully saturated rings. The van der Waals surface area contributed by atoms with Gasteiger partial charge < -0.3 is 28.7 Å². The zero-order valence-electron chi connectivity index (χ0n) is 17.7. The molecule has 0 aliphatic heterocycles. The Bertz CT molecular complexity index is 1120. The maximum absolute atomic E-state index is 12.8. The molecule has 3 aromatic rings. The number of Topliss-reactive ketones (excluding diaryl/α,β-unsaturated/α-hetero) is 1. The number of esters is 1. The lowest BCUT2D eigenvalue weighted by atomic mass is 10.1. The molecule has 2 aromatic carbocycles. The van der Waals surface area contributed by atoms with Crippen molar-refractivity contribution in [1.82, 2.24) is 0 Å². The summed E-state index contributed by atoms with van der Waals surface area (Å²) in [5.41, 5.74) is 0.402. The zero-order chi connectivity index (χ0) is 23.1. The second-order valence-electron chi connectivity index (χ2n) is 6.42. The van der Waals surface area contributed by atoms with E-state index in [1.54, 1.807) is 30.3 Å². The number of ether oxygens (including phenoxy) is 4. The standard InChI is InChI=1S/C23H21NO8/c1-28-15-7-4-6-14(10-15)18(25)13-32-23(27)16-11-20(29-2)21(30-3)12-17(16)24-22(26)19-8-5-9-31-19/h4-12H,13H2,1-3H3,(H,24,26). The van der Waals surface area contributed by atoms with Crippen LogP contribution >= 0.6 is 0 Å². The van der Waals surface area contributed by atoms with Gasteiger partial charge in [-0.1, -0.05) is 12.1 Å². The molecule has 0 radical (unpaired) electrons. The van der Waals surface area contributed by atoms with Crippen LogP contribution in [-0.2, 0) is 4.74 Å². The molecule has 0 saturated heterocycles. The average molecular weight is 439 g/mol. The molecule has 1 heterocycles. The summed E-state index contributed by atoms with van der Waals surface area (Å²) in [5.74, 6) is -0.752. The van der Waals surface area contributed by atoms with Crippen LogP contribution in [-0.4, -0.2) is 45.6 Å². The summed E-state index contributed by atoms with van der Waals surface area (Å²) in [6.07, 6.45) is 1.35. The normalized spacial score (nSPS) is 10.2. The van der Waals surface area contributed by atoms with E-state index in [-0.39, 0.29) is 28.5 Å². The van der Waals surface area contributed by atoms with Crippen molar-refractivity contribution in [3.63, 3.8) is 0 Å². The van der Waals surface area contributed by atoms with E-state index >= 15 is 0 Å². The Hall–Kier alpha value is -4.27. The number of nitrogens with one attached hydrogen (secondary N) is 1. The number of furan rings is 1. The first-order valence-corrected chi connectivity index (χ1v) is 9.42. The van der Waals surface area contributed by atoms with Gasteiger partial charge in [0.2, 0.25) is 0 Å². The molecule has 3 rings (SSSR count). The highest BCUT2D eigenvalue weighted by Gasteiger charge is 2.22. The lowest BCUT2D eigenvalue weighted by Gasteiger charge is -2.15. The lowest BCUT2D eigenvalue weighted by Crippen LogP contribution is -2.18. The second-order valence-corrected chi connectivity index (χ2v) is 6.42. The van der Waals surface area contributed by atoms with E-state index in [1.807, 2.05) is 0 Å². The molecule has 1 N–H and O–H groups in total. The van der Waals surface area contributed by atoms with Crippen molar-refractivity contribution in [3.8, 4) is 17.2 Å². The van der Waals surface area contributed by atoms with Crippen LogP contribution in [0.1, 0.15) is 31.3 Å². The van der Waals surface area contributed by atoms with Crippen LogP contribution in [0.2, 0.25) is 0 Å². The first-order chi connectivity index (χ1) is 15.5. The van der Waals surface area contributed by atoms with Gasteiger partial charge in [0.1, 0.15) is 5.75 Å². The third kappa shape index (κ3) is 5.07. The summed E-state index contributed by atoms with van der Waals surface area (Å²) in [6, 6.07) is 12.3. The first kappa shape index (κ1) is 22.4. The monoisotopic (exact) mass is 439 g/mol. The predicted octanol–water partition coefficient (Wildman–Crippen LogP) is 3.60. The van der Waals surface area contributed by atoms with Crippen molar-refractivity contribution in [1.29, 1.82) is 0 Å². The van der Waals surface area contributed by atoms with Gasteiger partial charge in [0.15, 0.2) is 29.6 Å². The van der Waals surface area contributed by atoms with Crippen LogP contribution in [0.3, 0.4) is 0 Å². The Balaban J connectivity index is 1.83. The van der Waals surface area contributed by atoms with Gasteiger partial charge in [-0.05, 0) is 24.3 Å². The molecule has 0 saturated carbocycles. The van der Waals surface area contributed by atoms with Crippen molar-refractivity contribution in [2.45, 2.75) is 0 Å². The molecule has 0 bridgehead atoms. The molecule has 1 amide bonds. The number of ketones is 1. The summed E-state index contributed by atoms with van der Waals surface area (Å²) in [4.78, 5) is 37.6. The van der Waals surface area contributed by atoms with E-state index in [0.29, 0.717) is 11.3 Å². The maximum Gasteiger partial charge on any atom is 0.340 e. The number of carbonyl (C=O) groups is 3. The molecular weight excluding hydrogens is 418 g/mol. The minimum absolute atomic E-state index is 0.0269. The summed E-state index contributed by atoms with van der Waals surface area (Å²) in [5, 5.41) is 2.58. The van der Waals surface area contributed by atoms with Gasteiger partial charge in [0, 0.05) is 17.7 Å². The number of hydrogen-bond donors (Lipinski definition) is 1. The number of anilines is 1. The molecule has 0 unspecified atom stereocenters. The molecule has 0 aliphatic carbocycles. The highest BCUT2D eigenvalue weighted by atomic mass is 16.5. The third-order valence-electron chi connectivity index (χ3n) is 4.46. The second kappa shape index (κ2) is 10.2. The van der Waals surface area contributed by atoms with Crippen LogP contribution in [0, 0.1) is 0 Å². The van der Waals surface area contributed by atoms with Crippen molar-refractivity contribution in [2.75, 3.05) is 33.3 Å². The minimum atomic E-state index is -0.836. The first-order valence-electron chi connectivity index (χ1n) is 9.42. The number of rotatable bonds is 9. The highest BCUT2D eigenvalue weighted by Crippen LogP contribution is 2.34. The quantitative estimate of drug-likeness (QED) is 0.397. The van der Waals surface area contributed by atoms with Crippen molar-refractivity contribution >= 4 is 23.3 Å². The molecule has 9 nitrogen and oxygen atoms in total. The van der Waals surface area contributed by atoms with Gasteiger partial charge in [-0.25, -0.2) is 4.79 Å². The summed E-state index contributed by atoms with van der Waals surface area (Å²) in [7, 11) is 4.31. The number of carbonyl (C=O) groups excluding carboxylic acids is 3. The number of methoxy groups -OCH3 is 3. The smallest absolute Gasteiger partial charge is 0.340 e. The lowest BCUT2D eigenvalue weighted by molar-refractivity contribution is 0.0475. The summed E-state index contributed by atoms with van der Waals surface area (Å²) in [6.45, 7) is -0.508. The fraction of sp³-hybridized carbons (Fsp3) is 0.174. The number of amides is 1. The predicted molar refractivity (Wildman–Crippen MR) is 114 cm³/mol. The highest BCUT2D eigenvalue weighted by molar-refractivity contribution is 6.08. The molecule has 0 atom stereocenters. The van der Waals surface area contributed by atoms with E-state index < -0.39 is 24.3 Å². The van der Waals surface area contributed by atoms with Gasteiger partial charge in [-0.2, -0.15) is 0 Å². The Morgan fingerprint density at radius 2 is 1.66 bits per heavy atom. The van der Waals surface area contributed by atoms with Crippen molar-refractivity contribution < 1.29 is 37.7 Å². The molecular formula is C23H21NO8. The van der Waals surface area contributed by atoms with Crippen LogP contribution in [0.4, 0.5) is 5.69 Å². The Morgan fingerprint density at radius 3 is 2.31 bits per heavy atom. The van der Waals surface area contributed by atoms with Crippen molar-refractivity contribution in [3.05, 3.63) is 71.7 Å². The fourth-order valence-electron chi connectivity index (χ4n) is 2.83.